The van der Waals surface area contributed by atoms with Gasteiger partial charge in [0, 0.05) is 13.1 Å². The number of likely N-dealkylation sites (tertiary alicyclic amines) is 1. The van der Waals surface area contributed by atoms with Crippen LogP contribution in [0.15, 0.2) is 18.2 Å². The Hall–Kier alpha value is -1.62. The lowest BCUT2D eigenvalue weighted by atomic mass is 9.92. The van der Waals surface area contributed by atoms with Crippen molar-refractivity contribution >= 4 is 17.3 Å². The molecule has 110 valence electrons. The van der Waals surface area contributed by atoms with Crippen LogP contribution in [0.5, 0.6) is 0 Å². The predicted octanol–water partition coefficient (Wildman–Crippen LogP) is 2.32. The highest BCUT2D eigenvalue weighted by molar-refractivity contribution is 5.95. The minimum Gasteiger partial charge on any atom is -0.397 e. The number of amides is 1. The van der Waals surface area contributed by atoms with E-state index in [-0.39, 0.29) is 11.6 Å². The van der Waals surface area contributed by atoms with E-state index < -0.39 is 5.82 Å². The van der Waals surface area contributed by atoms with Crippen LogP contribution >= 0.6 is 0 Å². The number of hydrogen-bond acceptors (Lipinski definition) is 3. The smallest absolute Gasteiger partial charge is 0.238 e. The van der Waals surface area contributed by atoms with Gasteiger partial charge < -0.3 is 11.1 Å². The second-order valence-electron chi connectivity index (χ2n) is 5.92. The van der Waals surface area contributed by atoms with Crippen molar-refractivity contribution in [1.82, 2.24) is 4.90 Å². The van der Waals surface area contributed by atoms with Crippen LogP contribution in [-0.2, 0) is 4.79 Å². The zero-order chi connectivity index (χ0) is 14.7. The van der Waals surface area contributed by atoms with Crippen molar-refractivity contribution in [3.63, 3.8) is 0 Å². The molecule has 1 heterocycles. The van der Waals surface area contributed by atoms with E-state index in [1.165, 1.54) is 24.6 Å². The standard InChI is InChI=1S/C15H22FN3O/c1-10-5-11(2)8-19(7-10)9-15(20)18-14-4-3-12(16)6-13(14)17/h3-4,6,10-11H,5,7-9,17H2,1-2H3,(H,18,20). The molecule has 2 unspecified atom stereocenters. The first-order valence-electron chi connectivity index (χ1n) is 7.01. The molecule has 0 saturated carbocycles. The quantitative estimate of drug-likeness (QED) is 0.835. The fourth-order valence-corrected chi connectivity index (χ4v) is 2.96. The van der Waals surface area contributed by atoms with Crippen LogP contribution in [0.3, 0.4) is 0 Å². The van der Waals surface area contributed by atoms with E-state index in [1.54, 1.807) is 0 Å². The average Bonchev–Trinajstić information content (AvgIpc) is 2.31. The fraction of sp³-hybridized carbons (Fsp3) is 0.533. The highest BCUT2D eigenvalue weighted by Gasteiger charge is 2.23. The van der Waals surface area contributed by atoms with E-state index in [0.717, 1.165) is 13.1 Å². The molecule has 5 heteroatoms. The van der Waals surface area contributed by atoms with Crippen molar-refractivity contribution in [2.24, 2.45) is 11.8 Å². The van der Waals surface area contributed by atoms with Gasteiger partial charge in [0.1, 0.15) is 5.82 Å². The Morgan fingerprint density at radius 2 is 2.05 bits per heavy atom. The number of rotatable bonds is 3. The Morgan fingerprint density at radius 3 is 2.65 bits per heavy atom. The number of carbonyl (C=O) groups excluding carboxylic acids is 1. The monoisotopic (exact) mass is 279 g/mol. The van der Waals surface area contributed by atoms with Gasteiger partial charge in [-0.15, -0.1) is 0 Å². The number of piperidine rings is 1. The SMILES string of the molecule is CC1CC(C)CN(CC(=O)Nc2ccc(F)cc2N)C1. The average molecular weight is 279 g/mol. The van der Waals surface area contributed by atoms with Gasteiger partial charge >= 0.3 is 0 Å². The molecule has 0 aliphatic carbocycles. The molecule has 3 N–H and O–H groups in total. The molecule has 1 saturated heterocycles. The van der Waals surface area contributed by atoms with Gasteiger partial charge in [-0.2, -0.15) is 0 Å². The molecule has 0 bridgehead atoms. The van der Waals surface area contributed by atoms with Gasteiger partial charge in [0.25, 0.3) is 0 Å². The zero-order valence-corrected chi connectivity index (χ0v) is 12.0. The maximum absolute atomic E-state index is 12.9. The first-order chi connectivity index (χ1) is 9.44. The van der Waals surface area contributed by atoms with Crippen molar-refractivity contribution in [3.8, 4) is 0 Å². The molecule has 1 amide bonds. The van der Waals surface area contributed by atoms with Crippen molar-refractivity contribution < 1.29 is 9.18 Å². The highest BCUT2D eigenvalue weighted by atomic mass is 19.1. The Morgan fingerprint density at radius 1 is 1.40 bits per heavy atom. The summed E-state index contributed by atoms with van der Waals surface area (Å²) in [6, 6.07) is 3.99. The Labute approximate surface area is 119 Å². The van der Waals surface area contributed by atoms with Crippen molar-refractivity contribution in [2.45, 2.75) is 20.3 Å². The Kier molecular flexibility index (Phi) is 4.60. The van der Waals surface area contributed by atoms with Crippen molar-refractivity contribution in [2.75, 3.05) is 30.7 Å². The molecule has 1 aliphatic rings. The second kappa shape index (κ2) is 6.22. The third kappa shape index (κ3) is 3.93. The molecule has 0 radical (unpaired) electrons. The summed E-state index contributed by atoms with van der Waals surface area (Å²) >= 11 is 0. The molecule has 1 aromatic carbocycles. The zero-order valence-electron chi connectivity index (χ0n) is 12.0. The summed E-state index contributed by atoms with van der Waals surface area (Å²) in [7, 11) is 0. The van der Waals surface area contributed by atoms with Gasteiger partial charge in [-0.3, -0.25) is 9.69 Å². The summed E-state index contributed by atoms with van der Waals surface area (Å²) in [5.74, 6) is 0.716. The molecule has 1 aromatic rings. The normalized spacial score (nSPS) is 23.6. The highest BCUT2D eigenvalue weighted by Crippen LogP contribution is 2.22. The first-order valence-corrected chi connectivity index (χ1v) is 7.01. The summed E-state index contributed by atoms with van der Waals surface area (Å²) < 4.78 is 12.9. The lowest BCUT2D eigenvalue weighted by Crippen LogP contribution is -2.42. The van der Waals surface area contributed by atoms with E-state index in [1.807, 2.05) is 0 Å². The molecule has 0 aromatic heterocycles. The Bertz CT molecular complexity index is 482. The van der Waals surface area contributed by atoms with Crippen molar-refractivity contribution in [1.29, 1.82) is 0 Å². The van der Waals surface area contributed by atoms with Gasteiger partial charge in [-0.1, -0.05) is 13.8 Å². The number of benzene rings is 1. The van der Waals surface area contributed by atoms with Crippen LogP contribution in [0.1, 0.15) is 20.3 Å². The summed E-state index contributed by atoms with van der Waals surface area (Å²) in [4.78, 5) is 14.2. The number of anilines is 2. The second-order valence-corrected chi connectivity index (χ2v) is 5.92. The lowest BCUT2D eigenvalue weighted by Gasteiger charge is -2.34. The van der Waals surface area contributed by atoms with Crippen LogP contribution in [-0.4, -0.2) is 30.4 Å². The lowest BCUT2D eigenvalue weighted by molar-refractivity contribution is -0.117. The van der Waals surface area contributed by atoms with E-state index in [9.17, 15) is 9.18 Å². The fourth-order valence-electron chi connectivity index (χ4n) is 2.96. The van der Waals surface area contributed by atoms with Crippen LogP contribution in [0.4, 0.5) is 15.8 Å². The Balaban J connectivity index is 1.92. The molecule has 4 nitrogen and oxygen atoms in total. The first kappa shape index (κ1) is 14.8. The molecule has 2 atom stereocenters. The maximum Gasteiger partial charge on any atom is 0.238 e. The molecule has 20 heavy (non-hydrogen) atoms. The minimum absolute atomic E-state index is 0.107. The molecular weight excluding hydrogens is 257 g/mol. The topological polar surface area (TPSA) is 58.4 Å². The van der Waals surface area contributed by atoms with Crippen LogP contribution in [0.25, 0.3) is 0 Å². The maximum atomic E-state index is 12.9. The van der Waals surface area contributed by atoms with Gasteiger partial charge in [0.15, 0.2) is 0 Å². The predicted molar refractivity (Wildman–Crippen MR) is 78.8 cm³/mol. The van der Waals surface area contributed by atoms with Gasteiger partial charge in [0.2, 0.25) is 5.91 Å². The number of nitrogens with two attached hydrogens (primary N) is 1. The molecule has 1 fully saturated rings. The van der Waals surface area contributed by atoms with E-state index >= 15 is 0 Å². The number of nitrogens with one attached hydrogen (secondary N) is 1. The van der Waals surface area contributed by atoms with Crippen LogP contribution in [0, 0.1) is 17.7 Å². The number of nitrogens with zero attached hydrogens (tertiary/aromatic N) is 1. The summed E-state index contributed by atoms with van der Waals surface area (Å²) in [6.45, 7) is 6.65. The molecular formula is C15H22FN3O. The van der Waals surface area contributed by atoms with Crippen LogP contribution < -0.4 is 11.1 Å². The van der Waals surface area contributed by atoms with E-state index in [4.69, 9.17) is 5.73 Å². The van der Waals surface area contributed by atoms with Crippen molar-refractivity contribution in [3.05, 3.63) is 24.0 Å². The van der Waals surface area contributed by atoms with Crippen LogP contribution in [0.2, 0.25) is 0 Å². The van der Waals surface area contributed by atoms with Gasteiger partial charge in [-0.25, -0.2) is 4.39 Å². The third-order valence-electron chi connectivity index (χ3n) is 3.60. The largest absolute Gasteiger partial charge is 0.397 e. The molecule has 1 aliphatic heterocycles. The van der Waals surface area contributed by atoms with Gasteiger partial charge in [0.05, 0.1) is 17.9 Å². The number of hydrogen-bond donors (Lipinski definition) is 2. The number of nitrogen functional groups attached to an aromatic ring is 1. The molecule has 2 rings (SSSR count). The number of carbonyl (C=O) groups is 1. The van der Waals surface area contributed by atoms with E-state index in [0.29, 0.717) is 24.1 Å². The summed E-state index contributed by atoms with van der Waals surface area (Å²) in [6.07, 6.45) is 1.21. The van der Waals surface area contributed by atoms with Gasteiger partial charge in [-0.05, 0) is 36.5 Å². The molecule has 0 spiro atoms. The van der Waals surface area contributed by atoms with E-state index in [2.05, 4.69) is 24.1 Å². The summed E-state index contributed by atoms with van der Waals surface area (Å²) in [5.41, 5.74) is 6.39. The number of halogens is 1. The summed E-state index contributed by atoms with van der Waals surface area (Å²) in [5, 5.41) is 2.74. The third-order valence-corrected chi connectivity index (χ3v) is 3.60. The minimum atomic E-state index is -0.404.